The van der Waals surface area contributed by atoms with E-state index in [2.05, 4.69) is 4.98 Å². The van der Waals surface area contributed by atoms with Crippen LogP contribution in [0.5, 0.6) is 11.5 Å². The van der Waals surface area contributed by atoms with E-state index in [1.54, 1.807) is 6.92 Å². The van der Waals surface area contributed by atoms with Crippen LogP contribution in [0.3, 0.4) is 0 Å². The lowest BCUT2D eigenvalue weighted by Gasteiger charge is -2.08. The van der Waals surface area contributed by atoms with Crippen LogP contribution in [0.1, 0.15) is 18.5 Å². The van der Waals surface area contributed by atoms with E-state index in [4.69, 9.17) is 16.3 Å². The number of ether oxygens (including phenoxy) is 1. The lowest BCUT2D eigenvalue weighted by Crippen LogP contribution is -2.00. The Kier molecular flexibility index (Phi) is 2.50. The molecule has 0 bridgehead atoms. The lowest BCUT2D eigenvalue weighted by molar-refractivity contribution is 0.297. The molecule has 0 amide bonds. The Morgan fingerprint density at radius 3 is 3.00 bits per heavy atom. The van der Waals surface area contributed by atoms with E-state index in [9.17, 15) is 5.11 Å². The molecule has 0 unspecified atom stereocenters. The third-order valence-corrected chi connectivity index (χ3v) is 2.55. The van der Waals surface area contributed by atoms with Gasteiger partial charge in [-0.15, -0.1) is 0 Å². The fraction of sp³-hybridized carbons (Fsp3) is 0.500. The molecule has 1 aliphatic rings. The van der Waals surface area contributed by atoms with Gasteiger partial charge in [-0.1, -0.05) is 11.6 Å². The van der Waals surface area contributed by atoms with Crippen LogP contribution < -0.4 is 4.74 Å². The van der Waals surface area contributed by atoms with E-state index in [-0.39, 0.29) is 5.75 Å². The van der Waals surface area contributed by atoms with Crippen molar-refractivity contribution in [2.24, 2.45) is 5.92 Å². The highest BCUT2D eigenvalue weighted by Crippen LogP contribution is 2.33. The van der Waals surface area contributed by atoms with E-state index in [1.807, 2.05) is 0 Å². The molecule has 0 aromatic carbocycles. The molecule has 1 saturated carbocycles. The summed E-state index contributed by atoms with van der Waals surface area (Å²) in [6.07, 6.45) is 2.45. The molecule has 1 aromatic heterocycles. The zero-order valence-electron chi connectivity index (χ0n) is 7.96. The monoisotopic (exact) mass is 213 g/mol. The maximum Gasteiger partial charge on any atom is 0.171 e. The normalized spacial score (nSPS) is 15.6. The number of rotatable bonds is 3. The minimum Gasteiger partial charge on any atom is -0.506 e. The molecule has 0 aliphatic heterocycles. The summed E-state index contributed by atoms with van der Waals surface area (Å²) >= 11 is 5.86. The summed E-state index contributed by atoms with van der Waals surface area (Å²) in [7, 11) is 0. The van der Waals surface area contributed by atoms with Crippen molar-refractivity contribution in [3.05, 3.63) is 16.9 Å². The van der Waals surface area contributed by atoms with Gasteiger partial charge in [0.15, 0.2) is 10.9 Å². The van der Waals surface area contributed by atoms with Crippen molar-refractivity contribution in [2.45, 2.75) is 19.8 Å². The molecule has 14 heavy (non-hydrogen) atoms. The molecule has 0 radical (unpaired) electrons. The molecule has 76 valence electrons. The highest BCUT2D eigenvalue weighted by molar-refractivity contribution is 6.30. The summed E-state index contributed by atoms with van der Waals surface area (Å²) in [5.74, 6) is 1.26. The van der Waals surface area contributed by atoms with Crippen molar-refractivity contribution < 1.29 is 9.84 Å². The number of hydrogen-bond donors (Lipinski definition) is 1. The zero-order chi connectivity index (χ0) is 10.1. The maximum absolute atomic E-state index is 9.40. The quantitative estimate of drug-likeness (QED) is 0.785. The largest absolute Gasteiger partial charge is 0.506 e. The standard InChI is InChI=1S/C10H12ClNO2/c1-6-8(13)4-9(10(11)12-6)14-5-7-2-3-7/h4,7,13H,2-3,5H2,1H3. The van der Waals surface area contributed by atoms with Gasteiger partial charge in [0.2, 0.25) is 0 Å². The third kappa shape index (κ3) is 2.10. The van der Waals surface area contributed by atoms with Crippen LogP contribution in [0.15, 0.2) is 6.07 Å². The Morgan fingerprint density at radius 2 is 2.36 bits per heavy atom. The topological polar surface area (TPSA) is 42.4 Å². The predicted octanol–water partition coefficient (Wildman–Crippen LogP) is 2.54. The van der Waals surface area contributed by atoms with Crippen LogP contribution in [0, 0.1) is 12.8 Å². The highest BCUT2D eigenvalue weighted by atomic mass is 35.5. The van der Waals surface area contributed by atoms with Crippen LogP contribution >= 0.6 is 11.6 Å². The first kappa shape index (κ1) is 9.59. The second kappa shape index (κ2) is 3.65. The minimum atomic E-state index is 0.125. The first-order chi connectivity index (χ1) is 6.66. The highest BCUT2D eigenvalue weighted by Gasteiger charge is 2.22. The molecule has 1 fully saturated rings. The van der Waals surface area contributed by atoms with Crippen molar-refractivity contribution in [2.75, 3.05) is 6.61 Å². The number of aryl methyl sites for hydroxylation is 1. The number of hydrogen-bond acceptors (Lipinski definition) is 3. The fourth-order valence-corrected chi connectivity index (χ4v) is 1.38. The van der Waals surface area contributed by atoms with Crippen LogP contribution in [0.25, 0.3) is 0 Å². The molecule has 0 spiro atoms. The number of aromatic nitrogens is 1. The molecule has 0 atom stereocenters. The van der Waals surface area contributed by atoms with Crippen molar-refractivity contribution in [3.63, 3.8) is 0 Å². The van der Waals surface area contributed by atoms with Gasteiger partial charge >= 0.3 is 0 Å². The van der Waals surface area contributed by atoms with E-state index >= 15 is 0 Å². The Balaban J connectivity index is 2.10. The van der Waals surface area contributed by atoms with E-state index < -0.39 is 0 Å². The second-order valence-corrected chi connectivity index (χ2v) is 3.99. The number of nitrogens with zero attached hydrogens (tertiary/aromatic N) is 1. The third-order valence-electron chi connectivity index (χ3n) is 2.28. The number of pyridine rings is 1. The molecule has 1 N–H and O–H groups in total. The summed E-state index contributed by atoms with van der Waals surface area (Å²) in [6, 6.07) is 1.52. The molecular formula is C10H12ClNO2. The minimum absolute atomic E-state index is 0.125. The van der Waals surface area contributed by atoms with Gasteiger partial charge in [0.25, 0.3) is 0 Å². The molecule has 2 rings (SSSR count). The summed E-state index contributed by atoms with van der Waals surface area (Å²) in [5.41, 5.74) is 0.522. The lowest BCUT2D eigenvalue weighted by atomic mass is 10.3. The zero-order valence-corrected chi connectivity index (χ0v) is 8.71. The molecule has 1 heterocycles. The molecule has 1 aliphatic carbocycles. The van der Waals surface area contributed by atoms with Gasteiger partial charge in [0.05, 0.1) is 12.3 Å². The Bertz CT molecular complexity index is 350. The second-order valence-electron chi connectivity index (χ2n) is 3.64. The average molecular weight is 214 g/mol. The van der Waals surface area contributed by atoms with Gasteiger partial charge < -0.3 is 9.84 Å². The first-order valence-corrected chi connectivity index (χ1v) is 5.03. The molecule has 4 heteroatoms. The molecular weight excluding hydrogens is 202 g/mol. The van der Waals surface area contributed by atoms with Crippen molar-refractivity contribution in [1.29, 1.82) is 0 Å². The van der Waals surface area contributed by atoms with Gasteiger partial charge in [0, 0.05) is 6.07 Å². The van der Waals surface area contributed by atoms with Crippen LogP contribution in [0.4, 0.5) is 0 Å². The van der Waals surface area contributed by atoms with Crippen molar-refractivity contribution >= 4 is 11.6 Å². The summed E-state index contributed by atoms with van der Waals surface area (Å²) in [6.45, 7) is 2.37. The van der Waals surface area contributed by atoms with Crippen LogP contribution in [0.2, 0.25) is 5.15 Å². The van der Waals surface area contributed by atoms with E-state index in [1.165, 1.54) is 18.9 Å². The number of halogens is 1. The average Bonchev–Trinajstić information content (AvgIpc) is 2.92. The molecule has 3 nitrogen and oxygen atoms in total. The van der Waals surface area contributed by atoms with E-state index in [0.29, 0.717) is 29.1 Å². The van der Waals surface area contributed by atoms with Gasteiger partial charge in [0.1, 0.15) is 5.75 Å². The van der Waals surface area contributed by atoms with Gasteiger partial charge in [-0.25, -0.2) is 4.98 Å². The fourth-order valence-electron chi connectivity index (χ4n) is 1.14. The number of aromatic hydroxyl groups is 1. The molecule has 1 aromatic rings. The summed E-state index contributed by atoms with van der Waals surface area (Å²) in [5, 5.41) is 9.72. The molecule has 0 saturated heterocycles. The van der Waals surface area contributed by atoms with Gasteiger partial charge in [-0.05, 0) is 25.7 Å². The first-order valence-electron chi connectivity index (χ1n) is 4.65. The Labute approximate surface area is 87.7 Å². The van der Waals surface area contributed by atoms with Crippen LogP contribution in [-0.2, 0) is 0 Å². The summed E-state index contributed by atoms with van der Waals surface area (Å²) in [4.78, 5) is 3.96. The van der Waals surface area contributed by atoms with Crippen molar-refractivity contribution in [3.8, 4) is 11.5 Å². The van der Waals surface area contributed by atoms with Crippen molar-refractivity contribution in [1.82, 2.24) is 4.98 Å². The maximum atomic E-state index is 9.40. The van der Waals surface area contributed by atoms with Crippen LogP contribution in [-0.4, -0.2) is 16.7 Å². The predicted molar refractivity (Wildman–Crippen MR) is 53.9 cm³/mol. The summed E-state index contributed by atoms with van der Waals surface area (Å²) < 4.78 is 5.44. The smallest absolute Gasteiger partial charge is 0.171 e. The van der Waals surface area contributed by atoms with E-state index in [0.717, 1.165) is 0 Å². The van der Waals surface area contributed by atoms with Gasteiger partial charge in [-0.2, -0.15) is 0 Å². The Hall–Kier alpha value is -0.960. The Morgan fingerprint density at radius 1 is 1.64 bits per heavy atom. The SMILES string of the molecule is Cc1nc(Cl)c(OCC2CC2)cc1O. The van der Waals surface area contributed by atoms with Gasteiger partial charge in [-0.3, -0.25) is 0 Å².